The van der Waals surface area contributed by atoms with E-state index in [1.165, 1.54) is 11.1 Å². The molecule has 1 aromatic carbocycles. The molecule has 174 valence electrons. The second kappa shape index (κ2) is 7.73. The number of nitrogens with two attached hydrogens (primary N) is 1. The van der Waals surface area contributed by atoms with Crippen molar-refractivity contribution < 1.29 is 9.84 Å². The van der Waals surface area contributed by atoms with Crippen molar-refractivity contribution in [3.8, 4) is 5.69 Å². The van der Waals surface area contributed by atoms with E-state index >= 15 is 0 Å². The van der Waals surface area contributed by atoms with E-state index in [1.54, 1.807) is 6.20 Å². The molecule has 6 rings (SSSR count). The number of aliphatic hydroxyl groups is 1. The minimum Gasteiger partial charge on any atom is -0.390 e. The summed E-state index contributed by atoms with van der Waals surface area (Å²) in [4.78, 5) is 14.2. The van der Waals surface area contributed by atoms with Gasteiger partial charge in [0.05, 0.1) is 31.2 Å². The molecule has 2 aromatic heterocycles. The van der Waals surface area contributed by atoms with Crippen molar-refractivity contribution in [1.29, 1.82) is 0 Å². The lowest BCUT2D eigenvalue weighted by molar-refractivity contribution is 0.0973. The fourth-order valence-electron chi connectivity index (χ4n) is 5.74. The van der Waals surface area contributed by atoms with Gasteiger partial charge in [-0.3, -0.25) is 4.90 Å². The van der Waals surface area contributed by atoms with Gasteiger partial charge in [-0.05, 0) is 50.1 Å². The molecule has 3 aromatic rings. The second-order valence-electron chi connectivity index (χ2n) is 9.93. The lowest BCUT2D eigenvalue weighted by atomic mass is 9.73. The van der Waals surface area contributed by atoms with Gasteiger partial charge in [-0.25, -0.2) is 14.6 Å². The minimum atomic E-state index is -0.167. The van der Waals surface area contributed by atoms with Gasteiger partial charge < -0.3 is 20.5 Å². The zero-order valence-electron chi connectivity index (χ0n) is 19.2. The predicted molar refractivity (Wildman–Crippen MR) is 125 cm³/mol. The highest BCUT2D eigenvalue weighted by molar-refractivity contribution is 5.75. The average Bonchev–Trinajstić information content (AvgIpc) is 3.49. The Kier molecular flexibility index (Phi) is 4.91. The van der Waals surface area contributed by atoms with Crippen LogP contribution in [0.1, 0.15) is 36.6 Å². The Labute approximate surface area is 193 Å². The zero-order chi connectivity index (χ0) is 22.7. The van der Waals surface area contributed by atoms with Crippen LogP contribution in [-0.2, 0) is 24.4 Å². The maximum atomic E-state index is 10.1. The quantitative estimate of drug-likeness (QED) is 0.621. The van der Waals surface area contributed by atoms with Crippen molar-refractivity contribution in [2.75, 3.05) is 31.6 Å². The number of piperidine rings is 1. The number of aromatic nitrogens is 4. The van der Waals surface area contributed by atoms with Crippen LogP contribution in [0.3, 0.4) is 0 Å². The molecule has 1 spiro atoms. The van der Waals surface area contributed by atoms with Crippen molar-refractivity contribution in [2.45, 2.75) is 51.6 Å². The van der Waals surface area contributed by atoms with Crippen molar-refractivity contribution >= 4 is 17.0 Å². The summed E-state index contributed by atoms with van der Waals surface area (Å²) < 4.78 is 7.68. The molecule has 9 nitrogen and oxygen atoms in total. The van der Waals surface area contributed by atoms with E-state index in [0.717, 1.165) is 62.6 Å². The number of hydrogen-bond donors (Lipinski definition) is 2. The topological polar surface area (TPSA) is 106 Å². The molecule has 0 unspecified atom stereocenters. The number of ether oxygens (including phenoxy) is 1. The molecule has 0 bridgehead atoms. The molecule has 0 saturated carbocycles. The third-order valence-corrected chi connectivity index (χ3v) is 7.82. The van der Waals surface area contributed by atoms with Crippen molar-refractivity contribution in [1.82, 2.24) is 24.6 Å². The summed E-state index contributed by atoms with van der Waals surface area (Å²) in [6, 6.07) is 6.49. The van der Waals surface area contributed by atoms with Crippen LogP contribution in [0, 0.1) is 5.41 Å². The van der Waals surface area contributed by atoms with E-state index in [-0.39, 0.29) is 24.2 Å². The summed E-state index contributed by atoms with van der Waals surface area (Å²) >= 11 is 0. The first kappa shape index (κ1) is 21.0. The van der Waals surface area contributed by atoms with E-state index in [1.807, 2.05) is 4.68 Å². The van der Waals surface area contributed by atoms with Gasteiger partial charge in [-0.15, -0.1) is 0 Å². The predicted octanol–water partition coefficient (Wildman–Crippen LogP) is 1.59. The zero-order valence-corrected chi connectivity index (χ0v) is 19.2. The van der Waals surface area contributed by atoms with Gasteiger partial charge >= 0.3 is 0 Å². The van der Waals surface area contributed by atoms with Crippen molar-refractivity contribution in [3.63, 3.8) is 0 Å². The van der Waals surface area contributed by atoms with Crippen LogP contribution in [0.2, 0.25) is 0 Å². The third kappa shape index (κ3) is 3.33. The first-order valence-electron chi connectivity index (χ1n) is 11.8. The fourth-order valence-corrected chi connectivity index (χ4v) is 5.74. The van der Waals surface area contributed by atoms with E-state index in [0.29, 0.717) is 11.3 Å². The molecule has 3 aliphatic rings. The first-order chi connectivity index (χ1) is 16.0. The molecular weight excluding hydrogens is 418 g/mol. The van der Waals surface area contributed by atoms with Crippen LogP contribution < -0.4 is 10.6 Å². The molecule has 2 fully saturated rings. The Balaban J connectivity index is 1.30. The maximum Gasteiger partial charge on any atom is 0.182 e. The van der Waals surface area contributed by atoms with E-state index < -0.39 is 0 Å². The molecule has 5 heterocycles. The highest BCUT2D eigenvalue weighted by Gasteiger charge is 2.47. The van der Waals surface area contributed by atoms with E-state index in [9.17, 15) is 5.11 Å². The van der Waals surface area contributed by atoms with Crippen LogP contribution in [0.15, 0.2) is 24.4 Å². The lowest BCUT2D eigenvalue weighted by Gasteiger charge is -2.41. The number of anilines is 1. The van der Waals surface area contributed by atoms with Crippen molar-refractivity contribution in [2.24, 2.45) is 11.1 Å². The Morgan fingerprint density at radius 3 is 2.70 bits per heavy atom. The summed E-state index contributed by atoms with van der Waals surface area (Å²) in [5.41, 5.74) is 12.1. The molecule has 3 aliphatic heterocycles. The molecular formula is C24H31N7O2. The monoisotopic (exact) mass is 449 g/mol. The number of aliphatic hydroxyl groups excluding tert-OH is 1. The highest BCUT2D eigenvalue weighted by Crippen LogP contribution is 2.42. The van der Waals surface area contributed by atoms with Gasteiger partial charge in [0.2, 0.25) is 0 Å². The molecule has 33 heavy (non-hydrogen) atoms. The average molecular weight is 450 g/mol. The molecule has 9 heteroatoms. The Bertz CT molecular complexity index is 1200. The highest BCUT2D eigenvalue weighted by atomic mass is 16.5. The summed E-state index contributed by atoms with van der Waals surface area (Å²) in [7, 11) is 2.12. The minimum absolute atomic E-state index is 0.0410. The van der Waals surface area contributed by atoms with Crippen LogP contribution in [-0.4, -0.2) is 68.6 Å². The van der Waals surface area contributed by atoms with Gasteiger partial charge in [-0.2, -0.15) is 5.10 Å². The summed E-state index contributed by atoms with van der Waals surface area (Å²) in [6.07, 6.45) is 3.77. The van der Waals surface area contributed by atoms with Crippen LogP contribution >= 0.6 is 0 Å². The van der Waals surface area contributed by atoms with Gasteiger partial charge in [0.25, 0.3) is 0 Å². The smallest absolute Gasteiger partial charge is 0.182 e. The normalized spacial score (nSPS) is 24.8. The summed E-state index contributed by atoms with van der Waals surface area (Å²) in [5, 5.41) is 14.7. The number of nitrogens with zero attached hydrogens (tertiary/aromatic N) is 6. The van der Waals surface area contributed by atoms with E-state index in [4.69, 9.17) is 20.4 Å². The van der Waals surface area contributed by atoms with Gasteiger partial charge in [0, 0.05) is 37.6 Å². The molecule has 0 aliphatic carbocycles. The Hall–Kier alpha value is -2.59. The fraction of sp³-hybridized carbons (Fsp3) is 0.542. The van der Waals surface area contributed by atoms with Crippen molar-refractivity contribution in [3.05, 3.63) is 41.2 Å². The Morgan fingerprint density at radius 2 is 1.97 bits per heavy atom. The summed E-state index contributed by atoms with van der Waals surface area (Å²) in [5.74, 6) is 0.746. The SMILES string of the molecule is C[C@@H]1OCC2(CCN(c3nc4cnn(-c5ccc6c(c5)CN(C)C6)c4nc3CO)CC2)[C@@H]1N. The largest absolute Gasteiger partial charge is 0.390 e. The molecule has 3 N–H and O–H groups in total. The lowest BCUT2D eigenvalue weighted by Crippen LogP contribution is -2.51. The molecule has 2 atom stereocenters. The molecule has 0 radical (unpaired) electrons. The Morgan fingerprint density at radius 1 is 1.18 bits per heavy atom. The first-order valence-corrected chi connectivity index (χ1v) is 11.8. The van der Waals surface area contributed by atoms with Crippen LogP contribution in [0.4, 0.5) is 5.82 Å². The summed E-state index contributed by atoms with van der Waals surface area (Å²) in [6.45, 7) is 6.17. The van der Waals surface area contributed by atoms with Crippen LogP contribution in [0.25, 0.3) is 16.9 Å². The number of hydrogen-bond acceptors (Lipinski definition) is 8. The standard InChI is InChI=1S/C24H31N7O2/c1-15-21(25)24(14-33-15)5-7-30(8-6-24)22-20(13-32)28-23-19(27-22)10-26-31(23)18-4-3-16-11-29(2)12-17(16)9-18/h3-4,9-10,15,21,32H,5-8,11-14,25H2,1-2H3/t15-,21+/m0/s1. The maximum absolute atomic E-state index is 10.1. The number of fused-ring (bicyclic) bond motifs is 2. The molecule has 2 saturated heterocycles. The van der Waals surface area contributed by atoms with Gasteiger partial charge in [-0.1, -0.05) is 6.07 Å². The molecule has 0 amide bonds. The number of rotatable bonds is 3. The van der Waals surface area contributed by atoms with E-state index in [2.05, 4.69) is 47.1 Å². The van der Waals surface area contributed by atoms with Gasteiger partial charge in [0.1, 0.15) is 11.2 Å². The number of benzene rings is 1. The van der Waals surface area contributed by atoms with Gasteiger partial charge in [0.15, 0.2) is 11.5 Å². The second-order valence-corrected chi connectivity index (χ2v) is 9.93. The third-order valence-electron chi connectivity index (χ3n) is 7.82. The van der Waals surface area contributed by atoms with Crippen LogP contribution in [0.5, 0.6) is 0 Å².